The summed E-state index contributed by atoms with van der Waals surface area (Å²) in [6.07, 6.45) is 2.37. The van der Waals surface area contributed by atoms with E-state index in [4.69, 9.17) is 0 Å². The average Bonchev–Trinajstić information content (AvgIpc) is 2.64. The fourth-order valence-corrected chi connectivity index (χ4v) is 2.26. The molecular formula is C12H12FNO3. The molecule has 2 rings (SSSR count). The van der Waals surface area contributed by atoms with Crippen LogP contribution in [0.4, 0.5) is 10.1 Å². The summed E-state index contributed by atoms with van der Waals surface area (Å²) in [6, 6.07) is 3.38. The van der Waals surface area contributed by atoms with Gasteiger partial charge in [0.2, 0.25) is 0 Å². The highest BCUT2D eigenvalue weighted by atomic mass is 19.1. The van der Waals surface area contributed by atoms with Crippen molar-refractivity contribution in [3.8, 4) is 0 Å². The minimum Gasteiger partial charge on any atom is -0.299 e. The lowest BCUT2D eigenvalue weighted by molar-refractivity contribution is -0.385. The number of Topliss-reactive ketones (excluding diaryl/α,β-unsaturated/α-hetero) is 1. The van der Waals surface area contributed by atoms with Gasteiger partial charge < -0.3 is 0 Å². The van der Waals surface area contributed by atoms with E-state index in [0.29, 0.717) is 12.0 Å². The summed E-state index contributed by atoms with van der Waals surface area (Å²) in [7, 11) is 0. The Balaban J connectivity index is 2.27. The monoisotopic (exact) mass is 237 g/mol. The highest BCUT2D eigenvalue weighted by Crippen LogP contribution is 2.29. The Kier molecular flexibility index (Phi) is 3.17. The zero-order valence-electron chi connectivity index (χ0n) is 9.19. The topological polar surface area (TPSA) is 60.2 Å². The Hall–Kier alpha value is -1.78. The first-order chi connectivity index (χ1) is 8.08. The molecule has 0 N–H and O–H groups in total. The van der Waals surface area contributed by atoms with Crippen molar-refractivity contribution in [1.29, 1.82) is 0 Å². The standard InChI is InChI=1S/C12H12FNO3/c13-10-4-5-11(14(16)17)9(7-10)6-8-2-1-3-12(8)15/h4-5,7-8H,1-3,6H2. The summed E-state index contributed by atoms with van der Waals surface area (Å²) < 4.78 is 13.1. The van der Waals surface area contributed by atoms with E-state index in [1.54, 1.807) is 0 Å². The van der Waals surface area contributed by atoms with Gasteiger partial charge in [0.1, 0.15) is 11.6 Å². The maximum atomic E-state index is 13.1. The molecule has 0 amide bonds. The van der Waals surface area contributed by atoms with Crippen molar-refractivity contribution < 1.29 is 14.1 Å². The smallest absolute Gasteiger partial charge is 0.272 e. The lowest BCUT2D eigenvalue weighted by Gasteiger charge is -2.08. The Morgan fingerprint density at radius 2 is 2.24 bits per heavy atom. The number of nitro benzene ring substituents is 1. The van der Waals surface area contributed by atoms with Gasteiger partial charge in [-0.05, 0) is 31.4 Å². The third kappa shape index (κ3) is 2.49. The number of halogens is 1. The maximum Gasteiger partial charge on any atom is 0.272 e. The Morgan fingerprint density at radius 1 is 1.47 bits per heavy atom. The van der Waals surface area contributed by atoms with E-state index >= 15 is 0 Å². The fourth-order valence-electron chi connectivity index (χ4n) is 2.26. The molecule has 0 spiro atoms. The van der Waals surface area contributed by atoms with E-state index in [-0.39, 0.29) is 23.8 Å². The van der Waals surface area contributed by atoms with Crippen LogP contribution in [0.2, 0.25) is 0 Å². The van der Waals surface area contributed by atoms with Crippen LogP contribution in [-0.4, -0.2) is 10.7 Å². The van der Waals surface area contributed by atoms with Gasteiger partial charge in [0.25, 0.3) is 5.69 Å². The van der Waals surface area contributed by atoms with Crippen LogP contribution in [-0.2, 0) is 11.2 Å². The summed E-state index contributed by atoms with van der Waals surface area (Å²) in [4.78, 5) is 21.7. The molecule has 17 heavy (non-hydrogen) atoms. The minimum absolute atomic E-state index is 0.105. The molecule has 90 valence electrons. The highest BCUT2D eigenvalue weighted by Gasteiger charge is 2.27. The molecule has 1 fully saturated rings. The minimum atomic E-state index is -0.534. The molecule has 1 aliphatic carbocycles. The third-order valence-electron chi connectivity index (χ3n) is 3.14. The Labute approximate surface area is 97.6 Å². The summed E-state index contributed by atoms with van der Waals surface area (Å²) >= 11 is 0. The van der Waals surface area contributed by atoms with Crippen molar-refractivity contribution in [3.63, 3.8) is 0 Å². The Bertz CT molecular complexity index is 473. The van der Waals surface area contributed by atoms with Crippen LogP contribution >= 0.6 is 0 Å². The first-order valence-electron chi connectivity index (χ1n) is 5.53. The zero-order chi connectivity index (χ0) is 12.4. The van der Waals surface area contributed by atoms with Crippen molar-refractivity contribution >= 4 is 11.5 Å². The van der Waals surface area contributed by atoms with Crippen molar-refractivity contribution in [1.82, 2.24) is 0 Å². The van der Waals surface area contributed by atoms with Gasteiger partial charge in [-0.25, -0.2) is 4.39 Å². The van der Waals surface area contributed by atoms with Gasteiger partial charge in [-0.2, -0.15) is 0 Å². The SMILES string of the molecule is O=C1CCCC1Cc1cc(F)ccc1[N+](=O)[O-]. The number of rotatable bonds is 3. The van der Waals surface area contributed by atoms with Gasteiger partial charge in [0.15, 0.2) is 0 Å². The number of benzene rings is 1. The summed E-state index contributed by atoms with van der Waals surface area (Å²) in [5.74, 6) is -0.560. The predicted molar refractivity (Wildman–Crippen MR) is 59.1 cm³/mol. The van der Waals surface area contributed by atoms with E-state index in [0.717, 1.165) is 31.0 Å². The van der Waals surface area contributed by atoms with Crippen molar-refractivity contribution in [2.24, 2.45) is 5.92 Å². The van der Waals surface area contributed by atoms with Crippen LogP contribution < -0.4 is 0 Å². The molecule has 0 radical (unpaired) electrons. The maximum absolute atomic E-state index is 13.1. The lowest BCUT2D eigenvalue weighted by atomic mass is 9.96. The van der Waals surface area contributed by atoms with Crippen LogP contribution in [0.5, 0.6) is 0 Å². The number of carbonyl (C=O) groups excluding carboxylic acids is 1. The summed E-state index contributed by atoms with van der Waals surface area (Å²) in [5, 5.41) is 10.8. The molecule has 5 heteroatoms. The predicted octanol–water partition coefficient (Wildman–Crippen LogP) is 2.65. The van der Waals surface area contributed by atoms with Crippen molar-refractivity contribution in [3.05, 3.63) is 39.7 Å². The largest absolute Gasteiger partial charge is 0.299 e. The second-order valence-corrected chi connectivity index (χ2v) is 4.29. The van der Waals surface area contributed by atoms with Crippen LogP contribution in [0.25, 0.3) is 0 Å². The van der Waals surface area contributed by atoms with Crippen molar-refractivity contribution in [2.45, 2.75) is 25.7 Å². The molecule has 1 aromatic carbocycles. The average molecular weight is 237 g/mol. The molecule has 0 saturated heterocycles. The fraction of sp³-hybridized carbons (Fsp3) is 0.417. The highest BCUT2D eigenvalue weighted by molar-refractivity contribution is 5.83. The molecule has 0 aliphatic heterocycles. The number of hydrogen-bond acceptors (Lipinski definition) is 3. The van der Waals surface area contributed by atoms with Gasteiger partial charge in [0, 0.05) is 24.0 Å². The van der Waals surface area contributed by atoms with Crippen LogP contribution in [0.1, 0.15) is 24.8 Å². The zero-order valence-corrected chi connectivity index (χ0v) is 9.19. The van der Waals surface area contributed by atoms with Crippen LogP contribution in [0.15, 0.2) is 18.2 Å². The normalized spacial score (nSPS) is 19.6. The van der Waals surface area contributed by atoms with E-state index in [1.165, 1.54) is 0 Å². The van der Waals surface area contributed by atoms with E-state index in [9.17, 15) is 19.3 Å². The van der Waals surface area contributed by atoms with Crippen LogP contribution in [0, 0.1) is 21.8 Å². The van der Waals surface area contributed by atoms with Crippen molar-refractivity contribution in [2.75, 3.05) is 0 Å². The molecule has 1 unspecified atom stereocenters. The molecular weight excluding hydrogens is 225 g/mol. The lowest BCUT2D eigenvalue weighted by Crippen LogP contribution is -2.11. The molecule has 0 bridgehead atoms. The van der Waals surface area contributed by atoms with Gasteiger partial charge in [-0.1, -0.05) is 0 Å². The molecule has 0 heterocycles. The van der Waals surface area contributed by atoms with Gasteiger partial charge >= 0.3 is 0 Å². The first kappa shape index (κ1) is 11.7. The number of carbonyl (C=O) groups is 1. The third-order valence-corrected chi connectivity index (χ3v) is 3.14. The number of hydrogen-bond donors (Lipinski definition) is 0. The summed E-state index contributed by atoms with van der Waals surface area (Å²) in [5.41, 5.74) is 0.210. The number of nitro groups is 1. The van der Waals surface area contributed by atoms with Gasteiger partial charge in [-0.3, -0.25) is 14.9 Å². The summed E-state index contributed by atoms with van der Waals surface area (Å²) in [6.45, 7) is 0. The van der Waals surface area contributed by atoms with E-state index < -0.39 is 10.7 Å². The molecule has 1 atom stereocenters. The number of ketones is 1. The van der Waals surface area contributed by atoms with E-state index in [2.05, 4.69) is 0 Å². The van der Waals surface area contributed by atoms with E-state index in [1.807, 2.05) is 0 Å². The first-order valence-corrected chi connectivity index (χ1v) is 5.53. The molecule has 1 saturated carbocycles. The number of nitrogens with zero attached hydrogens (tertiary/aromatic N) is 1. The second-order valence-electron chi connectivity index (χ2n) is 4.29. The molecule has 4 nitrogen and oxygen atoms in total. The molecule has 1 aromatic rings. The van der Waals surface area contributed by atoms with Gasteiger partial charge in [0.05, 0.1) is 4.92 Å². The van der Waals surface area contributed by atoms with Gasteiger partial charge in [-0.15, -0.1) is 0 Å². The second kappa shape index (κ2) is 4.61. The van der Waals surface area contributed by atoms with Crippen LogP contribution in [0.3, 0.4) is 0 Å². The molecule has 0 aromatic heterocycles. The quantitative estimate of drug-likeness (QED) is 0.599. The Morgan fingerprint density at radius 3 is 2.82 bits per heavy atom. The molecule has 1 aliphatic rings.